The number of nitrogens with one attached hydrogen (secondary N) is 1. The lowest BCUT2D eigenvalue weighted by atomic mass is 10.1. The molecule has 0 fully saturated rings. The second-order valence-electron chi connectivity index (χ2n) is 4.94. The van der Waals surface area contributed by atoms with Gasteiger partial charge in [-0.15, -0.1) is 0 Å². The van der Waals surface area contributed by atoms with Crippen molar-refractivity contribution >= 4 is 5.91 Å². The van der Waals surface area contributed by atoms with Gasteiger partial charge in [0.15, 0.2) is 0 Å². The fourth-order valence-electron chi connectivity index (χ4n) is 2.07. The normalized spacial score (nSPS) is 9.71. The molecule has 5 heteroatoms. The number of hydrogen-bond acceptors (Lipinski definition) is 4. The van der Waals surface area contributed by atoms with Crippen LogP contribution in [0.5, 0.6) is 0 Å². The molecule has 3 rings (SSSR count). The van der Waals surface area contributed by atoms with Gasteiger partial charge in [-0.3, -0.25) is 20.0 Å². The van der Waals surface area contributed by atoms with Crippen LogP contribution >= 0.6 is 0 Å². The van der Waals surface area contributed by atoms with Crippen LogP contribution in [0.25, 0.3) is 11.3 Å². The highest BCUT2D eigenvalue weighted by Crippen LogP contribution is 2.17. The topological polar surface area (TPSA) is 75.1 Å². The highest BCUT2D eigenvalue weighted by Gasteiger charge is 2.05. The summed E-state index contributed by atoms with van der Waals surface area (Å²) in [5, 5.41) is 8.59. The Balaban J connectivity index is 1.77. The Hall–Kier alpha value is -3.49. The number of carbonyl (C=O) groups is 1. The van der Waals surface area contributed by atoms with E-state index < -0.39 is 5.91 Å². The van der Waals surface area contributed by atoms with Crippen molar-refractivity contribution in [2.24, 2.45) is 0 Å². The number of nitrogens with zero attached hydrogens (tertiary/aromatic N) is 2. The number of amides is 1. The van der Waals surface area contributed by atoms with Crippen molar-refractivity contribution in [3.05, 3.63) is 83.8 Å². The van der Waals surface area contributed by atoms with Crippen LogP contribution in [0.15, 0.2) is 67.1 Å². The van der Waals surface area contributed by atoms with Gasteiger partial charge in [-0.05, 0) is 36.4 Å². The third kappa shape index (κ3) is 3.64. The Labute approximate surface area is 139 Å². The SMILES string of the molecule is O=C(NO)c1ccc(-c2ccc(C#Cc3cccnc3)cc2)nc1. The standard InChI is InChI=1S/C19H13N3O2/c23-19(22-24)17-9-10-18(21-13-17)16-7-5-14(6-8-16)3-4-15-2-1-11-20-12-15/h1-2,5-13,24H,(H,22,23). The molecule has 5 nitrogen and oxygen atoms in total. The van der Waals surface area contributed by atoms with Crippen LogP contribution < -0.4 is 5.48 Å². The Morgan fingerprint density at radius 2 is 1.75 bits per heavy atom. The lowest BCUT2D eigenvalue weighted by Gasteiger charge is -2.03. The van der Waals surface area contributed by atoms with Gasteiger partial charge < -0.3 is 0 Å². The Morgan fingerprint density at radius 1 is 0.958 bits per heavy atom. The third-order valence-electron chi connectivity index (χ3n) is 3.32. The van der Waals surface area contributed by atoms with Crippen LogP contribution in [0.4, 0.5) is 0 Å². The summed E-state index contributed by atoms with van der Waals surface area (Å²) in [6, 6.07) is 14.7. The molecular weight excluding hydrogens is 302 g/mol. The first-order valence-electron chi connectivity index (χ1n) is 7.19. The zero-order valence-electron chi connectivity index (χ0n) is 12.6. The molecule has 0 unspecified atom stereocenters. The maximum absolute atomic E-state index is 11.3. The molecule has 0 spiro atoms. The van der Waals surface area contributed by atoms with Crippen molar-refractivity contribution in [2.45, 2.75) is 0 Å². The summed E-state index contributed by atoms with van der Waals surface area (Å²) in [7, 11) is 0. The van der Waals surface area contributed by atoms with Crippen LogP contribution in [0.3, 0.4) is 0 Å². The summed E-state index contributed by atoms with van der Waals surface area (Å²) < 4.78 is 0. The summed E-state index contributed by atoms with van der Waals surface area (Å²) in [5.41, 5.74) is 5.27. The number of hydroxylamine groups is 1. The predicted octanol–water partition coefficient (Wildman–Crippen LogP) is 2.66. The van der Waals surface area contributed by atoms with E-state index in [-0.39, 0.29) is 0 Å². The summed E-state index contributed by atoms with van der Waals surface area (Å²) in [6.07, 6.45) is 4.84. The third-order valence-corrected chi connectivity index (χ3v) is 3.32. The molecule has 0 saturated heterocycles. The largest absolute Gasteiger partial charge is 0.288 e. The molecule has 2 aromatic heterocycles. The fourth-order valence-corrected chi connectivity index (χ4v) is 2.07. The molecule has 2 heterocycles. The molecule has 24 heavy (non-hydrogen) atoms. The van der Waals surface area contributed by atoms with Gasteiger partial charge in [0.1, 0.15) is 0 Å². The fraction of sp³-hybridized carbons (Fsp3) is 0. The summed E-state index contributed by atoms with van der Waals surface area (Å²) in [4.78, 5) is 19.5. The summed E-state index contributed by atoms with van der Waals surface area (Å²) >= 11 is 0. The van der Waals surface area contributed by atoms with Gasteiger partial charge in [0, 0.05) is 35.3 Å². The molecule has 2 N–H and O–H groups in total. The number of benzene rings is 1. The monoisotopic (exact) mass is 315 g/mol. The van der Waals surface area contributed by atoms with Crippen molar-refractivity contribution in [3.63, 3.8) is 0 Å². The van der Waals surface area contributed by atoms with E-state index in [1.54, 1.807) is 30.0 Å². The highest BCUT2D eigenvalue weighted by molar-refractivity contribution is 5.93. The molecule has 0 aliphatic carbocycles. The van der Waals surface area contributed by atoms with Gasteiger partial charge >= 0.3 is 0 Å². The Kier molecular flexibility index (Phi) is 4.61. The molecule has 1 aromatic carbocycles. The Bertz CT molecular complexity index is 893. The minimum Gasteiger partial charge on any atom is -0.288 e. The first-order valence-corrected chi connectivity index (χ1v) is 7.19. The number of carbonyl (C=O) groups excluding carboxylic acids is 1. The van der Waals surface area contributed by atoms with Crippen molar-refractivity contribution < 1.29 is 10.0 Å². The van der Waals surface area contributed by atoms with Crippen molar-refractivity contribution in [1.82, 2.24) is 15.4 Å². The zero-order chi connectivity index (χ0) is 16.8. The van der Waals surface area contributed by atoms with Crippen LogP contribution in [0.2, 0.25) is 0 Å². The van der Waals surface area contributed by atoms with E-state index in [1.807, 2.05) is 36.4 Å². The van der Waals surface area contributed by atoms with Crippen LogP contribution in [0.1, 0.15) is 21.5 Å². The molecule has 0 saturated carbocycles. The van der Waals surface area contributed by atoms with Crippen LogP contribution in [0, 0.1) is 11.8 Å². The van der Waals surface area contributed by atoms with Crippen molar-refractivity contribution in [3.8, 4) is 23.1 Å². The first kappa shape index (κ1) is 15.4. The smallest absolute Gasteiger partial charge is 0.276 e. The van der Waals surface area contributed by atoms with Gasteiger partial charge in [-0.25, -0.2) is 5.48 Å². The minimum atomic E-state index is -0.588. The second-order valence-corrected chi connectivity index (χ2v) is 4.94. The molecule has 0 aliphatic heterocycles. The molecule has 3 aromatic rings. The maximum atomic E-state index is 11.3. The number of hydrogen-bond donors (Lipinski definition) is 2. The van der Waals surface area contributed by atoms with Gasteiger partial charge in [0.2, 0.25) is 0 Å². The lowest BCUT2D eigenvalue weighted by Crippen LogP contribution is -2.18. The molecule has 0 radical (unpaired) electrons. The summed E-state index contributed by atoms with van der Waals surface area (Å²) in [5.74, 6) is 5.54. The predicted molar refractivity (Wildman–Crippen MR) is 89.1 cm³/mol. The zero-order valence-corrected chi connectivity index (χ0v) is 12.6. The van der Waals surface area contributed by atoms with Crippen LogP contribution in [-0.4, -0.2) is 21.1 Å². The number of rotatable bonds is 2. The maximum Gasteiger partial charge on any atom is 0.276 e. The molecule has 1 amide bonds. The average molecular weight is 315 g/mol. The van der Waals surface area contributed by atoms with Crippen molar-refractivity contribution in [2.75, 3.05) is 0 Å². The highest BCUT2D eigenvalue weighted by atomic mass is 16.5. The van der Waals surface area contributed by atoms with E-state index in [0.717, 1.165) is 22.4 Å². The Morgan fingerprint density at radius 3 is 2.38 bits per heavy atom. The molecule has 116 valence electrons. The minimum absolute atomic E-state index is 0.292. The van der Waals surface area contributed by atoms with E-state index in [0.29, 0.717) is 5.56 Å². The first-order chi connectivity index (χ1) is 11.8. The molecule has 0 aliphatic rings. The molecular formula is C19H13N3O2. The molecule has 0 atom stereocenters. The van der Waals surface area contributed by atoms with Crippen molar-refractivity contribution in [1.29, 1.82) is 0 Å². The van der Waals surface area contributed by atoms with E-state index in [1.165, 1.54) is 6.20 Å². The van der Waals surface area contributed by atoms with Crippen LogP contribution in [-0.2, 0) is 0 Å². The average Bonchev–Trinajstić information content (AvgIpc) is 2.67. The van der Waals surface area contributed by atoms with Gasteiger partial charge in [-0.2, -0.15) is 0 Å². The second kappa shape index (κ2) is 7.18. The van der Waals surface area contributed by atoms with Gasteiger partial charge in [-0.1, -0.05) is 24.0 Å². The lowest BCUT2D eigenvalue weighted by molar-refractivity contribution is 0.0706. The number of aromatic nitrogens is 2. The number of pyridine rings is 2. The van der Waals surface area contributed by atoms with Gasteiger partial charge in [0.05, 0.1) is 11.3 Å². The van der Waals surface area contributed by atoms with E-state index >= 15 is 0 Å². The molecule has 0 bridgehead atoms. The van der Waals surface area contributed by atoms with Gasteiger partial charge in [0.25, 0.3) is 5.91 Å². The quantitative estimate of drug-likeness (QED) is 0.433. The van der Waals surface area contributed by atoms with E-state index in [4.69, 9.17) is 5.21 Å². The summed E-state index contributed by atoms with van der Waals surface area (Å²) in [6.45, 7) is 0. The van der Waals surface area contributed by atoms with E-state index in [2.05, 4.69) is 21.8 Å². The van der Waals surface area contributed by atoms with E-state index in [9.17, 15) is 4.79 Å².